The number of hydrogen-bond acceptors (Lipinski definition) is 5. The number of aliphatic hydroxyl groups is 1. The number of nitrogens with zero attached hydrogens (tertiary/aromatic N) is 1. The molecule has 1 aromatic carbocycles. The molecular weight excluding hydrogens is 355 g/mol. The molecule has 2 N–H and O–H groups in total. The summed E-state index contributed by atoms with van der Waals surface area (Å²) < 4.78 is 19.4. The van der Waals surface area contributed by atoms with Gasteiger partial charge in [-0.3, -0.25) is 4.79 Å². The number of carbonyl (C=O) groups is 1. The molecule has 1 aliphatic rings. The van der Waals surface area contributed by atoms with Gasteiger partial charge in [0, 0.05) is 10.9 Å². The largest absolute Gasteiger partial charge is 0.438 e. The second-order valence-corrected chi connectivity index (χ2v) is 7.16. The Hall–Kier alpha value is -2.12. The first kappa shape index (κ1) is 18.7. The number of pyridine rings is 1. The van der Waals surface area contributed by atoms with Crippen LogP contribution < -0.4 is 10.1 Å². The molecule has 0 aliphatic heterocycles. The second-order valence-electron chi connectivity index (χ2n) is 6.28. The number of ether oxygens (including phenoxy) is 1. The molecule has 138 valence electrons. The summed E-state index contributed by atoms with van der Waals surface area (Å²) in [7, 11) is 0. The number of aromatic nitrogens is 1. The Bertz CT molecular complexity index is 787. The second kappa shape index (κ2) is 8.51. The lowest BCUT2D eigenvalue weighted by molar-refractivity contribution is 0.0847. The maximum absolute atomic E-state index is 13.7. The van der Waals surface area contributed by atoms with Crippen molar-refractivity contribution in [2.75, 3.05) is 6.26 Å². The van der Waals surface area contributed by atoms with Crippen LogP contribution in [0.4, 0.5) is 4.39 Å². The van der Waals surface area contributed by atoms with Gasteiger partial charge in [-0.1, -0.05) is 6.07 Å². The van der Waals surface area contributed by atoms with Crippen LogP contribution in [0.3, 0.4) is 0 Å². The zero-order valence-electron chi connectivity index (χ0n) is 14.4. The topological polar surface area (TPSA) is 71.5 Å². The lowest BCUT2D eigenvalue weighted by Gasteiger charge is -2.26. The third kappa shape index (κ3) is 4.74. The molecule has 1 amide bonds. The number of rotatable bonds is 5. The molecule has 3 rings (SSSR count). The van der Waals surface area contributed by atoms with Gasteiger partial charge in [-0.25, -0.2) is 9.37 Å². The smallest absolute Gasteiger partial charge is 0.257 e. The number of thioether (sulfide) groups is 1. The predicted octanol–water partition coefficient (Wildman–Crippen LogP) is 3.77. The van der Waals surface area contributed by atoms with Crippen LogP contribution in [0.2, 0.25) is 0 Å². The number of benzene rings is 1. The molecular formula is C19H21FN2O3S. The normalized spacial score (nSPS) is 19.8. The van der Waals surface area contributed by atoms with E-state index in [9.17, 15) is 14.3 Å². The number of nitrogens with one attached hydrogen (secondary N) is 1. The van der Waals surface area contributed by atoms with Crippen LogP contribution >= 0.6 is 11.8 Å². The van der Waals surface area contributed by atoms with Crippen molar-refractivity contribution < 1.29 is 19.0 Å². The zero-order valence-corrected chi connectivity index (χ0v) is 15.3. The average Bonchev–Trinajstić information content (AvgIpc) is 2.63. The average molecular weight is 376 g/mol. The molecule has 2 aromatic rings. The molecule has 0 bridgehead atoms. The Balaban J connectivity index is 1.79. The molecule has 7 heteroatoms. The van der Waals surface area contributed by atoms with Crippen molar-refractivity contribution >= 4 is 17.7 Å². The van der Waals surface area contributed by atoms with E-state index in [1.807, 2.05) is 24.5 Å². The highest BCUT2D eigenvalue weighted by atomic mass is 32.2. The lowest BCUT2D eigenvalue weighted by Crippen LogP contribution is -2.39. The maximum Gasteiger partial charge on any atom is 0.257 e. The fraction of sp³-hybridized carbons (Fsp3) is 0.368. The van der Waals surface area contributed by atoms with Gasteiger partial charge in [0.2, 0.25) is 5.88 Å². The Morgan fingerprint density at radius 3 is 3.00 bits per heavy atom. The van der Waals surface area contributed by atoms with Crippen LogP contribution in [0.25, 0.3) is 0 Å². The molecule has 1 saturated carbocycles. The highest BCUT2D eigenvalue weighted by Gasteiger charge is 2.24. The van der Waals surface area contributed by atoms with Gasteiger partial charge < -0.3 is 15.2 Å². The van der Waals surface area contributed by atoms with Crippen molar-refractivity contribution in [2.45, 2.75) is 42.7 Å². The molecule has 0 saturated heterocycles. The first-order valence-corrected chi connectivity index (χ1v) is 9.74. The fourth-order valence-electron chi connectivity index (χ4n) is 3.01. The minimum absolute atomic E-state index is 0.0413. The Morgan fingerprint density at radius 1 is 1.38 bits per heavy atom. The van der Waals surface area contributed by atoms with E-state index >= 15 is 0 Å². The van der Waals surface area contributed by atoms with Crippen LogP contribution in [-0.2, 0) is 0 Å². The number of aliphatic hydroxyl groups excluding tert-OH is 1. The van der Waals surface area contributed by atoms with Gasteiger partial charge >= 0.3 is 0 Å². The molecule has 0 radical (unpaired) electrons. The van der Waals surface area contributed by atoms with Crippen molar-refractivity contribution in [1.82, 2.24) is 10.3 Å². The van der Waals surface area contributed by atoms with Gasteiger partial charge in [-0.05, 0) is 56.2 Å². The number of halogens is 1. The summed E-state index contributed by atoms with van der Waals surface area (Å²) in [5.41, 5.74) is 0.0413. The molecule has 0 unspecified atom stereocenters. The van der Waals surface area contributed by atoms with Crippen molar-refractivity contribution in [3.63, 3.8) is 0 Å². The summed E-state index contributed by atoms with van der Waals surface area (Å²) in [5.74, 6) is -0.479. The van der Waals surface area contributed by atoms with E-state index in [1.54, 1.807) is 17.8 Å². The first-order chi connectivity index (χ1) is 12.5. The quantitative estimate of drug-likeness (QED) is 0.778. The van der Waals surface area contributed by atoms with Crippen LogP contribution in [0.1, 0.15) is 36.0 Å². The predicted molar refractivity (Wildman–Crippen MR) is 98.2 cm³/mol. The van der Waals surface area contributed by atoms with Crippen molar-refractivity contribution in [3.8, 4) is 11.6 Å². The van der Waals surface area contributed by atoms with Crippen LogP contribution in [0.5, 0.6) is 11.6 Å². The third-order valence-electron chi connectivity index (χ3n) is 4.30. The SMILES string of the molecule is CSc1cccc(Oc2ncc(F)cc2C(=O)N[C@H]2CCC[C@@H](O)C2)c1. The van der Waals surface area contributed by atoms with E-state index in [1.165, 1.54) is 0 Å². The molecule has 0 spiro atoms. The molecule has 1 fully saturated rings. The van der Waals surface area contributed by atoms with Crippen molar-refractivity contribution in [1.29, 1.82) is 0 Å². The number of carbonyl (C=O) groups excluding carboxylic acids is 1. The number of amides is 1. The van der Waals surface area contributed by atoms with Gasteiger partial charge in [0.05, 0.1) is 12.3 Å². The Labute approximate surface area is 156 Å². The van der Waals surface area contributed by atoms with Gasteiger partial charge in [0.15, 0.2) is 0 Å². The summed E-state index contributed by atoms with van der Waals surface area (Å²) in [6.45, 7) is 0. The molecule has 1 aromatic heterocycles. The highest BCUT2D eigenvalue weighted by molar-refractivity contribution is 7.98. The van der Waals surface area contributed by atoms with E-state index in [2.05, 4.69) is 10.3 Å². The van der Waals surface area contributed by atoms with E-state index in [4.69, 9.17) is 4.74 Å². The summed E-state index contributed by atoms with van der Waals surface area (Å²) in [5, 5.41) is 12.6. The molecule has 26 heavy (non-hydrogen) atoms. The Kier molecular flexibility index (Phi) is 6.11. The summed E-state index contributed by atoms with van der Waals surface area (Å²) in [4.78, 5) is 17.6. The highest BCUT2D eigenvalue weighted by Crippen LogP contribution is 2.27. The zero-order chi connectivity index (χ0) is 18.5. The van der Waals surface area contributed by atoms with Gasteiger partial charge in [-0.2, -0.15) is 0 Å². The summed E-state index contributed by atoms with van der Waals surface area (Å²) in [6, 6.07) is 8.35. The first-order valence-electron chi connectivity index (χ1n) is 8.51. The molecule has 1 heterocycles. The van der Waals surface area contributed by atoms with E-state index in [0.29, 0.717) is 12.2 Å². The molecule has 5 nitrogen and oxygen atoms in total. The molecule has 2 atom stereocenters. The summed E-state index contributed by atoms with van der Waals surface area (Å²) >= 11 is 1.57. The van der Waals surface area contributed by atoms with Gasteiger partial charge in [0.25, 0.3) is 5.91 Å². The van der Waals surface area contributed by atoms with E-state index in [-0.39, 0.29) is 17.5 Å². The minimum atomic E-state index is -0.607. The minimum Gasteiger partial charge on any atom is -0.438 e. The monoisotopic (exact) mass is 376 g/mol. The Morgan fingerprint density at radius 2 is 2.23 bits per heavy atom. The van der Waals surface area contributed by atoms with Crippen LogP contribution in [0, 0.1) is 5.82 Å². The van der Waals surface area contributed by atoms with Crippen molar-refractivity contribution in [3.05, 3.63) is 47.9 Å². The van der Waals surface area contributed by atoms with Crippen LogP contribution in [0.15, 0.2) is 41.4 Å². The van der Waals surface area contributed by atoms with Crippen LogP contribution in [-0.4, -0.2) is 34.4 Å². The third-order valence-corrected chi connectivity index (χ3v) is 5.03. The van der Waals surface area contributed by atoms with Gasteiger partial charge in [-0.15, -0.1) is 11.8 Å². The maximum atomic E-state index is 13.7. The van der Waals surface area contributed by atoms with E-state index in [0.717, 1.165) is 36.4 Å². The standard InChI is InChI=1S/C19H21FN2O3S/c1-26-16-7-3-6-15(10-16)25-19-17(8-12(20)11-21-19)18(24)22-13-4-2-5-14(23)9-13/h3,6-8,10-11,13-14,23H,2,4-5,9H2,1H3,(H,22,24)/t13-,14+/m0/s1. The van der Waals surface area contributed by atoms with Gasteiger partial charge in [0.1, 0.15) is 17.1 Å². The summed E-state index contributed by atoms with van der Waals surface area (Å²) in [6.07, 6.45) is 5.44. The van der Waals surface area contributed by atoms with Crippen molar-refractivity contribution in [2.24, 2.45) is 0 Å². The van der Waals surface area contributed by atoms with E-state index < -0.39 is 17.8 Å². The number of hydrogen-bond donors (Lipinski definition) is 2. The fourth-order valence-corrected chi connectivity index (χ4v) is 3.45. The lowest BCUT2D eigenvalue weighted by atomic mass is 9.93. The molecule has 1 aliphatic carbocycles.